The maximum Gasteiger partial charge on any atom is 0.323 e. The number of ether oxygens (including phenoxy) is 1. The fraction of sp³-hybridized carbons (Fsp3) is 0.800. The molecule has 2 atom stereocenters. The van der Waals surface area contributed by atoms with Gasteiger partial charge in [-0.2, -0.15) is 0 Å². The van der Waals surface area contributed by atoms with Gasteiger partial charge in [0.2, 0.25) is 5.91 Å². The molecule has 2 N–H and O–H groups in total. The van der Waals surface area contributed by atoms with E-state index in [4.69, 9.17) is 5.73 Å². The molecule has 0 heterocycles. The fourth-order valence-electron chi connectivity index (χ4n) is 1.43. The summed E-state index contributed by atoms with van der Waals surface area (Å²) < 4.78 is 4.54. The zero-order valence-electron chi connectivity index (χ0n) is 9.98. The summed E-state index contributed by atoms with van der Waals surface area (Å²) in [6.07, 6.45) is 0. The first-order valence-electron chi connectivity index (χ1n) is 4.87. The molecule has 5 heteroatoms. The van der Waals surface area contributed by atoms with Gasteiger partial charge in [-0.3, -0.25) is 9.59 Å². The van der Waals surface area contributed by atoms with E-state index < -0.39 is 17.9 Å². The van der Waals surface area contributed by atoms with Gasteiger partial charge in [0.25, 0.3) is 0 Å². The smallest absolute Gasteiger partial charge is 0.323 e. The first-order chi connectivity index (χ1) is 6.82. The summed E-state index contributed by atoms with van der Waals surface area (Å²) in [7, 11) is 4.54. The van der Waals surface area contributed by atoms with Gasteiger partial charge in [-0.1, -0.05) is 13.8 Å². The first kappa shape index (κ1) is 13.9. The summed E-state index contributed by atoms with van der Waals surface area (Å²) in [5.74, 6) is -1.24. The molecule has 0 aliphatic rings. The molecule has 5 nitrogen and oxygen atoms in total. The van der Waals surface area contributed by atoms with Gasteiger partial charge < -0.3 is 15.4 Å². The molecule has 15 heavy (non-hydrogen) atoms. The molecular weight excluding hydrogens is 196 g/mol. The third-order valence-electron chi connectivity index (χ3n) is 2.30. The summed E-state index contributed by atoms with van der Waals surface area (Å²) in [5.41, 5.74) is 5.69. The van der Waals surface area contributed by atoms with Crippen LogP contribution >= 0.6 is 0 Å². The SMILES string of the molecule is COC(=O)[C@@H](N)C(C(=O)N(C)C)C(C)C. The van der Waals surface area contributed by atoms with E-state index in [1.54, 1.807) is 14.1 Å². The van der Waals surface area contributed by atoms with Gasteiger partial charge in [-0.15, -0.1) is 0 Å². The molecule has 0 saturated carbocycles. The number of hydrogen-bond donors (Lipinski definition) is 1. The molecule has 0 aromatic heterocycles. The van der Waals surface area contributed by atoms with Crippen LogP contribution in [0.15, 0.2) is 0 Å². The van der Waals surface area contributed by atoms with Crippen molar-refractivity contribution in [2.45, 2.75) is 19.9 Å². The van der Waals surface area contributed by atoms with E-state index in [0.29, 0.717) is 0 Å². The van der Waals surface area contributed by atoms with Crippen molar-refractivity contribution in [3.05, 3.63) is 0 Å². The van der Waals surface area contributed by atoms with E-state index in [-0.39, 0.29) is 11.8 Å². The monoisotopic (exact) mass is 216 g/mol. The lowest BCUT2D eigenvalue weighted by atomic mass is 9.87. The van der Waals surface area contributed by atoms with Crippen molar-refractivity contribution in [2.75, 3.05) is 21.2 Å². The van der Waals surface area contributed by atoms with Crippen molar-refractivity contribution in [2.24, 2.45) is 17.6 Å². The van der Waals surface area contributed by atoms with Crippen LogP contribution in [0.3, 0.4) is 0 Å². The summed E-state index contributed by atoms with van der Waals surface area (Å²) in [6.45, 7) is 3.71. The van der Waals surface area contributed by atoms with E-state index in [9.17, 15) is 9.59 Å². The second kappa shape index (κ2) is 5.70. The van der Waals surface area contributed by atoms with E-state index in [2.05, 4.69) is 4.74 Å². The number of methoxy groups -OCH3 is 1. The number of rotatable bonds is 4. The number of esters is 1. The minimum atomic E-state index is -0.898. The molecule has 0 bridgehead atoms. The number of hydrogen-bond acceptors (Lipinski definition) is 4. The Morgan fingerprint density at radius 3 is 2.00 bits per heavy atom. The van der Waals surface area contributed by atoms with Crippen molar-refractivity contribution in [1.82, 2.24) is 4.90 Å². The van der Waals surface area contributed by atoms with Gasteiger partial charge in [0.05, 0.1) is 13.0 Å². The van der Waals surface area contributed by atoms with Crippen molar-refractivity contribution in [3.8, 4) is 0 Å². The maximum atomic E-state index is 11.8. The van der Waals surface area contributed by atoms with Crippen LogP contribution in [-0.2, 0) is 14.3 Å². The Balaban J connectivity index is 4.82. The zero-order chi connectivity index (χ0) is 12.2. The van der Waals surface area contributed by atoms with Crippen LogP contribution in [0.4, 0.5) is 0 Å². The molecule has 0 rings (SSSR count). The average Bonchev–Trinajstić information content (AvgIpc) is 2.15. The highest BCUT2D eigenvalue weighted by Gasteiger charge is 2.34. The largest absolute Gasteiger partial charge is 0.468 e. The van der Waals surface area contributed by atoms with Gasteiger partial charge in [0.15, 0.2) is 0 Å². The molecule has 0 spiro atoms. The highest BCUT2D eigenvalue weighted by molar-refractivity contribution is 5.87. The quantitative estimate of drug-likeness (QED) is 0.663. The lowest BCUT2D eigenvalue weighted by Gasteiger charge is -2.27. The third-order valence-corrected chi connectivity index (χ3v) is 2.30. The van der Waals surface area contributed by atoms with Crippen LogP contribution < -0.4 is 5.73 Å². The van der Waals surface area contributed by atoms with Gasteiger partial charge in [-0.05, 0) is 5.92 Å². The molecule has 88 valence electrons. The van der Waals surface area contributed by atoms with Crippen LogP contribution in [-0.4, -0.2) is 44.0 Å². The van der Waals surface area contributed by atoms with Crippen molar-refractivity contribution >= 4 is 11.9 Å². The molecule has 0 aromatic rings. The number of carbonyl (C=O) groups is 2. The fourth-order valence-corrected chi connectivity index (χ4v) is 1.43. The Morgan fingerprint density at radius 1 is 1.27 bits per heavy atom. The zero-order valence-corrected chi connectivity index (χ0v) is 9.98. The highest BCUT2D eigenvalue weighted by Crippen LogP contribution is 2.17. The lowest BCUT2D eigenvalue weighted by molar-refractivity contribution is -0.149. The predicted octanol–water partition coefficient (Wildman–Crippen LogP) is -0.153. The van der Waals surface area contributed by atoms with Crippen LogP contribution in [0, 0.1) is 11.8 Å². The topological polar surface area (TPSA) is 72.6 Å². The molecule has 1 unspecified atom stereocenters. The van der Waals surface area contributed by atoms with Crippen LogP contribution in [0.2, 0.25) is 0 Å². The lowest BCUT2D eigenvalue weighted by Crippen LogP contribution is -2.48. The maximum absolute atomic E-state index is 11.8. The molecule has 0 radical (unpaired) electrons. The summed E-state index contributed by atoms with van der Waals surface area (Å²) in [5, 5.41) is 0. The van der Waals surface area contributed by atoms with Crippen molar-refractivity contribution in [1.29, 1.82) is 0 Å². The van der Waals surface area contributed by atoms with Gasteiger partial charge in [0.1, 0.15) is 6.04 Å². The molecule has 1 amide bonds. The van der Waals surface area contributed by atoms with Gasteiger partial charge >= 0.3 is 5.97 Å². The van der Waals surface area contributed by atoms with Gasteiger partial charge in [0, 0.05) is 14.1 Å². The molecule has 0 aliphatic carbocycles. The van der Waals surface area contributed by atoms with E-state index in [1.807, 2.05) is 13.8 Å². The minimum Gasteiger partial charge on any atom is -0.468 e. The number of nitrogens with two attached hydrogens (primary N) is 1. The molecule has 0 aliphatic heterocycles. The summed E-state index contributed by atoms with van der Waals surface area (Å²) in [6, 6.07) is -0.898. The van der Waals surface area contributed by atoms with Gasteiger partial charge in [-0.25, -0.2) is 0 Å². The van der Waals surface area contributed by atoms with Crippen LogP contribution in [0.1, 0.15) is 13.8 Å². The molecule has 0 aromatic carbocycles. The van der Waals surface area contributed by atoms with Crippen LogP contribution in [0.5, 0.6) is 0 Å². The molecule has 0 fully saturated rings. The summed E-state index contributed by atoms with van der Waals surface area (Å²) in [4.78, 5) is 24.5. The standard InChI is InChI=1S/C10H20N2O3/c1-6(2)7(9(13)12(3)4)8(11)10(14)15-5/h6-8H,11H2,1-5H3/t7?,8-/m0/s1. The van der Waals surface area contributed by atoms with Crippen molar-refractivity contribution in [3.63, 3.8) is 0 Å². The van der Waals surface area contributed by atoms with Crippen molar-refractivity contribution < 1.29 is 14.3 Å². The van der Waals surface area contributed by atoms with E-state index in [0.717, 1.165) is 0 Å². The van der Waals surface area contributed by atoms with E-state index >= 15 is 0 Å². The Morgan fingerprint density at radius 2 is 1.73 bits per heavy atom. The second-order valence-corrected chi connectivity index (χ2v) is 4.05. The Kier molecular flexibility index (Phi) is 5.28. The highest BCUT2D eigenvalue weighted by atomic mass is 16.5. The molecule has 0 saturated heterocycles. The van der Waals surface area contributed by atoms with Crippen LogP contribution in [0.25, 0.3) is 0 Å². The first-order valence-corrected chi connectivity index (χ1v) is 4.87. The Labute approximate surface area is 90.6 Å². The number of carbonyl (C=O) groups excluding carboxylic acids is 2. The number of amides is 1. The molecular formula is C10H20N2O3. The Bertz CT molecular complexity index is 239. The minimum absolute atomic E-state index is 0.00556. The Hall–Kier alpha value is -1.10. The summed E-state index contributed by atoms with van der Waals surface area (Å²) >= 11 is 0. The third kappa shape index (κ3) is 3.51. The normalized spacial score (nSPS) is 14.6. The van der Waals surface area contributed by atoms with E-state index in [1.165, 1.54) is 12.0 Å². The average molecular weight is 216 g/mol. The second-order valence-electron chi connectivity index (χ2n) is 4.05. The predicted molar refractivity (Wildman–Crippen MR) is 57.0 cm³/mol. The number of nitrogens with zero attached hydrogens (tertiary/aromatic N) is 1.